The maximum Gasteiger partial charge on any atom is 0.352 e. The van der Waals surface area contributed by atoms with Crippen LogP contribution in [0.5, 0.6) is 0 Å². The molecule has 188 valence electrons. The highest BCUT2D eigenvalue weighted by molar-refractivity contribution is 5.80. The molecule has 0 radical (unpaired) electrons. The SMILES string of the molecule is CC(C)CNC(=O)CCn1c(=O)c2ccccc2n2c(=O)n(CC(=O)NCc3ccc(F)cc3)nc12. The molecule has 0 spiro atoms. The highest BCUT2D eigenvalue weighted by Gasteiger charge is 2.19. The lowest BCUT2D eigenvalue weighted by Crippen LogP contribution is -2.32. The van der Waals surface area contributed by atoms with Crippen molar-refractivity contribution in [3.8, 4) is 0 Å². The van der Waals surface area contributed by atoms with Crippen LogP contribution in [-0.2, 0) is 29.2 Å². The Morgan fingerprint density at radius 3 is 2.44 bits per heavy atom. The molecule has 4 aromatic rings. The molecule has 0 aliphatic rings. The van der Waals surface area contributed by atoms with Crippen molar-refractivity contribution in [2.45, 2.75) is 39.9 Å². The normalized spacial score (nSPS) is 11.3. The van der Waals surface area contributed by atoms with Gasteiger partial charge in [-0.15, -0.1) is 5.10 Å². The van der Waals surface area contributed by atoms with Crippen molar-refractivity contribution in [1.82, 2.24) is 29.4 Å². The zero-order chi connectivity index (χ0) is 25.8. The number of amides is 2. The fourth-order valence-electron chi connectivity index (χ4n) is 3.79. The molecule has 2 heterocycles. The number of rotatable bonds is 9. The number of carbonyl (C=O) groups is 2. The van der Waals surface area contributed by atoms with Gasteiger partial charge in [0.2, 0.25) is 17.6 Å². The molecule has 0 unspecified atom stereocenters. The van der Waals surface area contributed by atoms with E-state index in [1.54, 1.807) is 36.4 Å². The Morgan fingerprint density at radius 2 is 1.72 bits per heavy atom. The average molecular weight is 495 g/mol. The van der Waals surface area contributed by atoms with E-state index in [-0.39, 0.29) is 55.0 Å². The quantitative estimate of drug-likeness (QED) is 0.365. The minimum Gasteiger partial charge on any atom is -0.356 e. The second-order valence-electron chi connectivity index (χ2n) is 8.90. The summed E-state index contributed by atoms with van der Waals surface area (Å²) in [5.74, 6) is -0.740. The van der Waals surface area contributed by atoms with Crippen LogP contribution in [0.25, 0.3) is 16.7 Å². The van der Waals surface area contributed by atoms with Crippen LogP contribution in [-0.4, -0.2) is 37.1 Å². The number of para-hydroxylation sites is 1. The highest BCUT2D eigenvalue weighted by atomic mass is 19.1. The van der Waals surface area contributed by atoms with Gasteiger partial charge in [0.15, 0.2) is 0 Å². The maximum absolute atomic E-state index is 13.2. The number of nitrogens with zero attached hydrogens (tertiary/aromatic N) is 4. The molecule has 0 atom stereocenters. The van der Waals surface area contributed by atoms with E-state index in [1.807, 2.05) is 13.8 Å². The van der Waals surface area contributed by atoms with Crippen LogP contribution in [0.15, 0.2) is 58.1 Å². The second-order valence-corrected chi connectivity index (χ2v) is 8.90. The third-order valence-electron chi connectivity index (χ3n) is 5.65. The smallest absolute Gasteiger partial charge is 0.352 e. The molecule has 10 nitrogen and oxygen atoms in total. The standard InChI is InChI=1S/C25H27FN6O4/c1-16(2)13-27-21(33)11-12-30-23(35)19-5-3-4-6-20(19)32-24(30)29-31(25(32)36)15-22(34)28-14-17-7-9-18(26)10-8-17/h3-10,16H,11-15H2,1-2H3,(H,27,33)(H,28,34). The van der Waals surface area contributed by atoms with Gasteiger partial charge in [-0.25, -0.2) is 18.3 Å². The first-order valence-electron chi connectivity index (χ1n) is 11.6. The van der Waals surface area contributed by atoms with Gasteiger partial charge in [0.05, 0.1) is 10.9 Å². The Morgan fingerprint density at radius 1 is 1.00 bits per heavy atom. The molecule has 36 heavy (non-hydrogen) atoms. The number of aromatic nitrogens is 4. The van der Waals surface area contributed by atoms with E-state index >= 15 is 0 Å². The van der Waals surface area contributed by atoms with Crippen LogP contribution in [0.3, 0.4) is 0 Å². The fraction of sp³-hybridized carbons (Fsp3) is 0.320. The van der Waals surface area contributed by atoms with Gasteiger partial charge >= 0.3 is 5.69 Å². The molecule has 2 aromatic carbocycles. The first-order chi connectivity index (χ1) is 17.2. The molecule has 0 fully saturated rings. The molecule has 0 aliphatic heterocycles. The second kappa shape index (κ2) is 10.5. The minimum absolute atomic E-state index is 0.0182. The fourth-order valence-corrected chi connectivity index (χ4v) is 3.79. The highest BCUT2D eigenvalue weighted by Crippen LogP contribution is 2.11. The zero-order valence-corrected chi connectivity index (χ0v) is 20.0. The lowest BCUT2D eigenvalue weighted by Gasteiger charge is -2.10. The van der Waals surface area contributed by atoms with Crippen LogP contribution >= 0.6 is 0 Å². The lowest BCUT2D eigenvalue weighted by atomic mass is 10.2. The van der Waals surface area contributed by atoms with Gasteiger partial charge in [-0.3, -0.25) is 19.0 Å². The summed E-state index contributed by atoms with van der Waals surface area (Å²) in [6, 6.07) is 12.3. The minimum atomic E-state index is -0.587. The largest absolute Gasteiger partial charge is 0.356 e. The van der Waals surface area contributed by atoms with E-state index in [9.17, 15) is 23.6 Å². The zero-order valence-electron chi connectivity index (χ0n) is 20.0. The summed E-state index contributed by atoms with van der Waals surface area (Å²) in [6.07, 6.45) is 0.0276. The summed E-state index contributed by atoms with van der Waals surface area (Å²) in [5, 5.41) is 10.1. The summed E-state index contributed by atoms with van der Waals surface area (Å²) in [7, 11) is 0. The number of nitrogens with one attached hydrogen (secondary N) is 2. The summed E-state index contributed by atoms with van der Waals surface area (Å²) in [5.41, 5.74) is 0.0902. The number of aryl methyl sites for hydroxylation is 1. The number of benzene rings is 2. The molecule has 2 N–H and O–H groups in total. The van der Waals surface area contributed by atoms with Crippen molar-refractivity contribution in [2.75, 3.05) is 6.54 Å². The van der Waals surface area contributed by atoms with Gasteiger partial charge in [-0.1, -0.05) is 38.1 Å². The number of hydrogen-bond donors (Lipinski definition) is 2. The summed E-state index contributed by atoms with van der Waals surface area (Å²) in [4.78, 5) is 51.2. The van der Waals surface area contributed by atoms with E-state index in [1.165, 1.54) is 21.1 Å². The first-order valence-corrected chi connectivity index (χ1v) is 11.6. The molecule has 0 saturated carbocycles. The van der Waals surface area contributed by atoms with E-state index in [4.69, 9.17) is 0 Å². The topological polar surface area (TPSA) is 120 Å². The predicted octanol–water partition coefficient (Wildman–Crippen LogP) is 1.43. The Kier molecular flexibility index (Phi) is 7.28. The number of fused-ring (bicyclic) bond motifs is 3. The van der Waals surface area contributed by atoms with E-state index < -0.39 is 11.6 Å². The van der Waals surface area contributed by atoms with Gasteiger partial charge in [-0.05, 0) is 35.7 Å². The Labute approximate surface area is 205 Å². The van der Waals surface area contributed by atoms with Crippen LogP contribution in [0.2, 0.25) is 0 Å². The maximum atomic E-state index is 13.2. The van der Waals surface area contributed by atoms with Gasteiger partial charge in [0.25, 0.3) is 5.56 Å². The van der Waals surface area contributed by atoms with Crippen LogP contribution in [0, 0.1) is 11.7 Å². The third-order valence-corrected chi connectivity index (χ3v) is 5.65. The van der Waals surface area contributed by atoms with Gasteiger partial charge in [0, 0.05) is 26.1 Å². The van der Waals surface area contributed by atoms with Crippen molar-refractivity contribution in [1.29, 1.82) is 0 Å². The lowest BCUT2D eigenvalue weighted by molar-refractivity contribution is -0.122. The molecule has 4 rings (SSSR count). The Bertz CT molecular complexity index is 1530. The molecule has 0 aliphatic carbocycles. The predicted molar refractivity (Wildman–Crippen MR) is 132 cm³/mol. The van der Waals surface area contributed by atoms with Crippen molar-refractivity contribution < 1.29 is 14.0 Å². The molecule has 0 saturated heterocycles. The van der Waals surface area contributed by atoms with Crippen molar-refractivity contribution in [2.24, 2.45) is 5.92 Å². The Hall–Kier alpha value is -4.28. The van der Waals surface area contributed by atoms with Crippen LogP contribution in [0.1, 0.15) is 25.8 Å². The molecule has 0 bridgehead atoms. The van der Waals surface area contributed by atoms with Crippen molar-refractivity contribution in [3.63, 3.8) is 0 Å². The number of carbonyl (C=O) groups excluding carboxylic acids is 2. The first kappa shape index (κ1) is 24.8. The van der Waals surface area contributed by atoms with E-state index in [2.05, 4.69) is 15.7 Å². The third kappa shape index (κ3) is 5.35. The molecular formula is C25H27FN6O4. The summed E-state index contributed by atoms with van der Waals surface area (Å²) >= 11 is 0. The van der Waals surface area contributed by atoms with Crippen molar-refractivity contribution in [3.05, 3.63) is 80.7 Å². The Balaban J connectivity index is 1.63. The van der Waals surface area contributed by atoms with Crippen molar-refractivity contribution >= 4 is 28.5 Å². The van der Waals surface area contributed by atoms with E-state index in [0.717, 1.165) is 4.68 Å². The van der Waals surface area contributed by atoms with E-state index in [0.29, 0.717) is 23.0 Å². The van der Waals surface area contributed by atoms with Gasteiger partial charge in [0.1, 0.15) is 12.4 Å². The number of hydrogen-bond acceptors (Lipinski definition) is 5. The molecular weight excluding hydrogens is 467 g/mol. The van der Waals surface area contributed by atoms with Crippen LogP contribution < -0.4 is 21.9 Å². The molecule has 2 aromatic heterocycles. The number of halogens is 1. The molecule has 2 amide bonds. The van der Waals surface area contributed by atoms with Gasteiger partial charge in [-0.2, -0.15) is 0 Å². The van der Waals surface area contributed by atoms with Gasteiger partial charge < -0.3 is 10.6 Å². The summed E-state index contributed by atoms with van der Waals surface area (Å²) in [6.45, 7) is 4.27. The monoisotopic (exact) mass is 494 g/mol. The summed E-state index contributed by atoms with van der Waals surface area (Å²) < 4.78 is 16.6. The average Bonchev–Trinajstić information content (AvgIpc) is 3.17. The van der Waals surface area contributed by atoms with Crippen LogP contribution in [0.4, 0.5) is 4.39 Å². The molecule has 11 heteroatoms.